The van der Waals surface area contributed by atoms with Crippen molar-refractivity contribution in [1.82, 2.24) is 19.6 Å². The number of carbonyl (C=O) groups excluding carboxylic acids is 2. The third-order valence-electron chi connectivity index (χ3n) is 5.01. The van der Waals surface area contributed by atoms with Gasteiger partial charge in [0.05, 0.1) is 13.1 Å². The molecule has 0 aromatic carbocycles. The van der Waals surface area contributed by atoms with Crippen molar-refractivity contribution in [3.8, 4) is 0 Å². The Morgan fingerprint density at radius 2 is 1.21 bits per heavy atom. The molecule has 2 saturated heterocycles. The second-order valence-corrected chi connectivity index (χ2v) is 8.51. The number of Topliss-reactive ketones (excluding diaryl/α,β-unsaturated/α-hetero) is 2. The first kappa shape index (κ1) is 24.5. The molecule has 0 aliphatic carbocycles. The van der Waals surface area contributed by atoms with Crippen molar-refractivity contribution >= 4 is 11.6 Å². The van der Waals surface area contributed by atoms with Crippen molar-refractivity contribution in [3.63, 3.8) is 0 Å². The molecule has 0 spiro atoms. The Morgan fingerprint density at radius 3 is 1.32 bits per heavy atom. The van der Waals surface area contributed by atoms with Gasteiger partial charge in [-0.15, -0.1) is 0 Å². The van der Waals surface area contributed by atoms with E-state index in [-0.39, 0.29) is 0 Å². The van der Waals surface area contributed by atoms with Crippen LogP contribution in [-0.4, -0.2) is 105 Å². The van der Waals surface area contributed by atoms with Crippen LogP contribution in [0.1, 0.15) is 33.1 Å². The van der Waals surface area contributed by atoms with Gasteiger partial charge in [-0.25, -0.2) is 0 Å². The summed E-state index contributed by atoms with van der Waals surface area (Å²) in [5, 5.41) is 0. The summed E-state index contributed by atoms with van der Waals surface area (Å²) in [7, 11) is 8.17. The van der Waals surface area contributed by atoms with Crippen molar-refractivity contribution in [2.24, 2.45) is 0 Å². The Balaban J connectivity index is 0.000000187. The van der Waals surface area contributed by atoms with Crippen LogP contribution in [-0.2, 0) is 9.59 Å². The molecule has 0 atom stereocenters. The van der Waals surface area contributed by atoms with Gasteiger partial charge in [-0.05, 0) is 47.6 Å². The summed E-state index contributed by atoms with van der Waals surface area (Å²) in [4.78, 5) is 29.4. The van der Waals surface area contributed by atoms with Crippen LogP contribution in [0.4, 0.5) is 0 Å². The molecule has 0 radical (unpaired) electrons. The van der Waals surface area contributed by atoms with E-state index in [1.165, 1.54) is 30.7 Å². The van der Waals surface area contributed by atoms with Gasteiger partial charge >= 0.3 is 0 Å². The van der Waals surface area contributed by atoms with E-state index in [1.54, 1.807) is 0 Å². The Morgan fingerprint density at radius 1 is 0.679 bits per heavy atom. The molecule has 4 rings (SSSR count). The zero-order chi connectivity index (χ0) is 21.1. The maximum absolute atomic E-state index is 10.4. The van der Waals surface area contributed by atoms with Crippen molar-refractivity contribution in [1.29, 1.82) is 0 Å². The van der Waals surface area contributed by atoms with Crippen LogP contribution in [0.2, 0.25) is 0 Å². The van der Waals surface area contributed by atoms with Gasteiger partial charge in [0, 0.05) is 52.6 Å². The van der Waals surface area contributed by atoms with Crippen LogP contribution in [0.25, 0.3) is 0 Å². The molecule has 6 nitrogen and oxygen atoms in total. The monoisotopic (exact) mass is 392 g/mol. The van der Waals surface area contributed by atoms with E-state index in [4.69, 9.17) is 0 Å². The van der Waals surface area contributed by atoms with Crippen LogP contribution in [0.5, 0.6) is 0 Å². The van der Waals surface area contributed by atoms with Gasteiger partial charge in [-0.2, -0.15) is 0 Å². The van der Waals surface area contributed by atoms with E-state index < -0.39 is 0 Å². The zero-order valence-electron chi connectivity index (χ0n) is 18.8. The molecular weight excluding hydrogens is 352 g/mol. The van der Waals surface area contributed by atoms with Gasteiger partial charge in [0.2, 0.25) is 0 Å². The maximum atomic E-state index is 10.4. The number of hydrogen-bond donors (Lipinski definition) is 0. The van der Waals surface area contributed by atoms with E-state index in [0.717, 1.165) is 32.5 Å². The second-order valence-electron chi connectivity index (χ2n) is 8.51. The molecule has 0 aromatic rings. The number of nitrogens with zero attached hydrogens (tertiary/aromatic N) is 4. The molecule has 0 aromatic heterocycles. The SMILES string of the molecule is CC1=CCN(C)C1.CC1=CN(C)CC1.CN1CCC(=O)C1.CN1CCC(=O)C1. The first-order chi connectivity index (χ1) is 13.2. The molecule has 4 aliphatic heterocycles. The quantitative estimate of drug-likeness (QED) is 0.587. The summed E-state index contributed by atoms with van der Waals surface area (Å²) < 4.78 is 0. The highest BCUT2D eigenvalue weighted by molar-refractivity contribution is 5.82. The Labute approximate surface area is 171 Å². The molecule has 0 bridgehead atoms. The minimum absolute atomic E-state index is 0.377. The highest BCUT2D eigenvalue weighted by atomic mass is 16.1. The van der Waals surface area contributed by atoms with Crippen LogP contribution in [0.3, 0.4) is 0 Å². The standard InChI is InChI=1S/2C6H11N.2C5H9NO/c2*1-6-3-4-7(2)5-6;2*1-6-3-2-5(7)4-6/h5H,3-4H2,1-2H3;3H,4-5H2,1-2H3;2*2-4H2,1H3. The third kappa shape index (κ3) is 11.4. The predicted octanol–water partition coefficient (Wildman–Crippen LogP) is 1.89. The lowest BCUT2D eigenvalue weighted by Gasteiger charge is -2.03. The predicted molar refractivity (Wildman–Crippen MR) is 117 cm³/mol. The number of rotatable bonds is 0. The van der Waals surface area contributed by atoms with Gasteiger partial charge < -0.3 is 4.90 Å². The summed E-state index contributed by atoms with van der Waals surface area (Å²) in [5.74, 6) is 0.755. The van der Waals surface area contributed by atoms with E-state index in [0.29, 0.717) is 24.7 Å². The van der Waals surface area contributed by atoms with E-state index in [1.807, 2.05) is 23.9 Å². The van der Waals surface area contributed by atoms with Gasteiger partial charge in [0.25, 0.3) is 0 Å². The molecular formula is C22H40N4O2. The molecule has 0 unspecified atom stereocenters. The van der Waals surface area contributed by atoms with Crippen molar-refractivity contribution in [3.05, 3.63) is 23.4 Å². The second kappa shape index (κ2) is 12.9. The molecule has 0 saturated carbocycles. The van der Waals surface area contributed by atoms with Gasteiger partial charge in [0.15, 0.2) is 0 Å². The molecule has 4 heterocycles. The highest BCUT2D eigenvalue weighted by Crippen LogP contribution is 2.09. The van der Waals surface area contributed by atoms with Crippen LogP contribution >= 0.6 is 0 Å². The maximum Gasteiger partial charge on any atom is 0.148 e. The average molecular weight is 393 g/mol. The third-order valence-corrected chi connectivity index (χ3v) is 5.01. The summed E-state index contributed by atoms with van der Waals surface area (Å²) in [6.45, 7) is 11.1. The fourth-order valence-corrected chi connectivity index (χ4v) is 3.27. The Hall–Kier alpha value is -1.50. The summed E-state index contributed by atoms with van der Waals surface area (Å²) in [5.41, 5.74) is 3.00. The average Bonchev–Trinajstić information content (AvgIpc) is 3.37. The lowest BCUT2D eigenvalue weighted by Crippen LogP contribution is -2.13. The smallest absolute Gasteiger partial charge is 0.148 e. The fraction of sp³-hybridized carbons (Fsp3) is 0.727. The molecule has 160 valence electrons. The molecule has 28 heavy (non-hydrogen) atoms. The summed E-state index contributed by atoms with van der Waals surface area (Å²) in [6, 6.07) is 0. The first-order valence-corrected chi connectivity index (χ1v) is 10.3. The molecule has 0 N–H and O–H groups in total. The van der Waals surface area contributed by atoms with Crippen LogP contribution in [0, 0.1) is 0 Å². The van der Waals surface area contributed by atoms with Crippen LogP contribution < -0.4 is 0 Å². The normalized spacial score (nSPS) is 22.7. The molecule has 0 amide bonds. The lowest BCUT2D eigenvalue weighted by molar-refractivity contribution is -0.117. The zero-order valence-corrected chi connectivity index (χ0v) is 18.8. The number of ketones is 2. The van der Waals surface area contributed by atoms with Gasteiger partial charge in [0.1, 0.15) is 11.6 Å². The highest BCUT2D eigenvalue weighted by Gasteiger charge is 2.14. The topological polar surface area (TPSA) is 47.1 Å². The number of carbonyl (C=O) groups is 2. The van der Waals surface area contributed by atoms with Crippen molar-refractivity contribution in [2.45, 2.75) is 33.1 Å². The van der Waals surface area contributed by atoms with Crippen molar-refractivity contribution < 1.29 is 9.59 Å². The van der Waals surface area contributed by atoms with E-state index >= 15 is 0 Å². The fourth-order valence-electron chi connectivity index (χ4n) is 3.27. The lowest BCUT2D eigenvalue weighted by atomic mass is 10.3. The Kier molecular flexibility index (Phi) is 11.3. The minimum Gasteiger partial charge on any atom is -0.380 e. The molecule has 6 heteroatoms. The number of likely N-dealkylation sites (N-methyl/N-ethyl adjacent to an activating group) is 3. The van der Waals surface area contributed by atoms with Crippen molar-refractivity contribution in [2.75, 3.05) is 74.0 Å². The summed E-state index contributed by atoms with van der Waals surface area (Å²) >= 11 is 0. The van der Waals surface area contributed by atoms with Crippen LogP contribution in [0.15, 0.2) is 23.4 Å². The first-order valence-electron chi connectivity index (χ1n) is 10.3. The number of likely N-dealkylation sites (tertiary alicyclic amines) is 2. The van der Waals surface area contributed by atoms with Gasteiger partial charge in [-0.3, -0.25) is 24.3 Å². The molecule has 4 aliphatic rings. The number of hydrogen-bond acceptors (Lipinski definition) is 6. The summed E-state index contributed by atoms with van der Waals surface area (Å²) in [6.07, 6.45) is 7.24. The van der Waals surface area contributed by atoms with E-state index in [9.17, 15) is 9.59 Å². The van der Waals surface area contributed by atoms with Gasteiger partial charge in [-0.1, -0.05) is 17.2 Å². The largest absolute Gasteiger partial charge is 0.380 e. The van der Waals surface area contributed by atoms with E-state index in [2.05, 4.69) is 50.0 Å². The Bertz CT molecular complexity index is 547. The molecule has 2 fully saturated rings. The minimum atomic E-state index is 0.377.